The van der Waals surface area contributed by atoms with Gasteiger partial charge in [-0.3, -0.25) is 0 Å². The molecule has 2 nitrogen and oxygen atoms in total. The van der Waals surface area contributed by atoms with Crippen LogP contribution < -0.4 is 10.6 Å². The first kappa shape index (κ1) is 14.7. The lowest BCUT2D eigenvalue weighted by Gasteiger charge is -2.20. The Hall–Kier alpha value is -1.22. The summed E-state index contributed by atoms with van der Waals surface area (Å²) in [5.41, 5.74) is 9.64. The molecule has 0 amide bonds. The maximum Gasteiger partial charge on any atom is 0.0595 e. The summed E-state index contributed by atoms with van der Waals surface area (Å²) in [6, 6.07) is 14.4. The van der Waals surface area contributed by atoms with Crippen molar-refractivity contribution in [1.29, 1.82) is 0 Å². The van der Waals surface area contributed by atoms with Gasteiger partial charge in [0.15, 0.2) is 0 Å². The molecule has 0 aromatic heterocycles. The number of nitrogens with two attached hydrogens (primary N) is 1. The average molecular weight is 321 g/mol. The molecular formula is C17H18Cl2N2. The Labute approximate surface area is 135 Å². The molecule has 1 heterocycles. The molecule has 0 spiro atoms. The molecule has 1 unspecified atom stereocenters. The molecule has 0 fully saturated rings. The van der Waals surface area contributed by atoms with E-state index in [0.29, 0.717) is 16.0 Å². The van der Waals surface area contributed by atoms with Gasteiger partial charge in [-0.25, -0.2) is 0 Å². The van der Waals surface area contributed by atoms with E-state index in [-0.39, 0.29) is 0 Å². The molecule has 1 atom stereocenters. The highest BCUT2D eigenvalue weighted by Gasteiger charge is 2.27. The zero-order valence-electron chi connectivity index (χ0n) is 11.7. The third-order valence-electron chi connectivity index (χ3n) is 4.03. The van der Waals surface area contributed by atoms with Crippen molar-refractivity contribution in [3.8, 4) is 0 Å². The fraction of sp³-hybridized carbons (Fsp3) is 0.294. The lowest BCUT2D eigenvalue weighted by atomic mass is 9.98. The maximum absolute atomic E-state index is 6.11. The molecule has 2 N–H and O–H groups in total. The van der Waals surface area contributed by atoms with Crippen LogP contribution in [-0.2, 0) is 6.54 Å². The Morgan fingerprint density at radius 1 is 1.10 bits per heavy atom. The van der Waals surface area contributed by atoms with Gasteiger partial charge in [0, 0.05) is 24.7 Å². The molecule has 3 rings (SSSR count). The van der Waals surface area contributed by atoms with Crippen molar-refractivity contribution in [2.24, 2.45) is 5.73 Å². The molecule has 21 heavy (non-hydrogen) atoms. The number of para-hydroxylation sites is 1. The van der Waals surface area contributed by atoms with E-state index in [4.69, 9.17) is 28.9 Å². The molecule has 110 valence electrons. The zero-order chi connectivity index (χ0) is 14.8. The van der Waals surface area contributed by atoms with E-state index in [9.17, 15) is 0 Å². The summed E-state index contributed by atoms with van der Waals surface area (Å²) in [6.07, 6.45) is 1.02. The van der Waals surface area contributed by atoms with Gasteiger partial charge in [-0.1, -0.05) is 47.5 Å². The third-order valence-corrected chi connectivity index (χ3v) is 4.77. The van der Waals surface area contributed by atoms with Crippen LogP contribution in [0, 0.1) is 0 Å². The van der Waals surface area contributed by atoms with Gasteiger partial charge in [-0.15, -0.1) is 0 Å². The van der Waals surface area contributed by atoms with Crippen LogP contribution in [0.25, 0.3) is 0 Å². The molecule has 0 saturated carbocycles. The second kappa shape index (κ2) is 6.27. The quantitative estimate of drug-likeness (QED) is 0.902. The minimum Gasteiger partial charge on any atom is -0.366 e. The minimum atomic E-state index is 0.522. The van der Waals surface area contributed by atoms with Gasteiger partial charge < -0.3 is 10.6 Å². The molecule has 2 aromatic rings. The number of rotatable bonds is 4. The first-order valence-electron chi connectivity index (χ1n) is 7.17. The molecular weight excluding hydrogens is 303 g/mol. The highest BCUT2D eigenvalue weighted by atomic mass is 35.5. The second-order valence-electron chi connectivity index (χ2n) is 5.46. The van der Waals surface area contributed by atoms with Crippen LogP contribution >= 0.6 is 23.2 Å². The van der Waals surface area contributed by atoms with Gasteiger partial charge in [0.25, 0.3) is 0 Å². The van der Waals surface area contributed by atoms with Crippen LogP contribution in [0.5, 0.6) is 0 Å². The zero-order valence-corrected chi connectivity index (χ0v) is 13.2. The highest BCUT2D eigenvalue weighted by Crippen LogP contribution is 2.38. The first-order chi connectivity index (χ1) is 10.2. The molecule has 4 heteroatoms. The molecule has 0 bridgehead atoms. The standard InChI is InChI=1S/C17H18Cl2N2/c18-15-6-5-12(9-16(15)19)10-21-11-13(7-8-20)14-3-1-2-4-17(14)21/h1-6,9,13H,7-8,10-11,20H2. The van der Waals surface area contributed by atoms with Crippen LogP contribution in [0.3, 0.4) is 0 Å². The van der Waals surface area contributed by atoms with Gasteiger partial charge in [-0.05, 0) is 42.3 Å². The molecule has 1 aliphatic rings. The SMILES string of the molecule is NCCC1CN(Cc2ccc(Cl)c(Cl)c2)c2ccccc21. The lowest BCUT2D eigenvalue weighted by Crippen LogP contribution is -2.22. The van der Waals surface area contributed by atoms with Gasteiger partial charge in [0.05, 0.1) is 10.0 Å². The van der Waals surface area contributed by atoms with E-state index in [1.54, 1.807) is 0 Å². The molecule has 0 aliphatic carbocycles. The summed E-state index contributed by atoms with van der Waals surface area (Å²) in [4.78, 5) is 2.40. The monoisotopic (exact) mass is 320 g/mol. The van der Waals surface area contributed by atoms with Gasteiger partial charge in [0.1, 0.15) is 0 Å². The summed E-state index contributed by atoms with van der Waals surface area (Å²) in [6.45, 7) is 2.57. The number of benzene rings is 2. The Bertz CT molecular complexity index is 642. The maximum atomic E-state index is 6.11. The molecule has 0 saturated heterocycles. The summed E-state index contributed by atoms with van der Waals surface area (Å²) >= 11 is 12.1. The van der Waals surface area contributed by atoms with Crippen LogP contribution in [0.1, 0.15) is 23.5 Å². The summed E-state index contributed by atoms with van der Waals surface area (Å²) in [5.74, 6) is 0.522. The largest absolute Gasteiger partial charge is 0.366 e. The predicted octanol–water partition coefficient (Wildman–Crippen LogP) is 4.45. The van der Waals surface area contributed by atoms with Crippen molar-refractivity contribution < 1.29 is 0 Å². The van der Waals surface area contributed by atoms with Crippen molar-refractivity contribution in [3.63, 3.8) is 0 Å². The second-order valence-corrected chi connectivity index (χ2v) is 6.28. The topological polar surface area (TPSA) is 29.3 Å². The number of hydrogen-bond acceptors (Lipinski definition) is 2. The summed E-state index contributed by atoms with van der Waals surface area (Å²) in [5, 5.41) is 1.21. The number of anilines is 1. The van der Waals surface area contributed by atoms with E-state index in [2.05, 4.69) is 29.2 Å². The van der Waals surface area contributed by atoms with E-state index in [0.717, 1.165) is 26.1 Å². The number of halogens is 2. The summed E-state index contributed by atoms with van der Waals surface area (Å²) in [7, 11) is 0. The fourth-order valence-corrected chi connectivity index (χ4v) is 3.36. The normalized spacial score (nSPS) is 17.1. The Balaban J connectivity index is 1.84. The van der Waals surface area contributed by atoms with Crippen molar-refractivity contribution in [1.82, 2.24) is 0 Å². The van der Waals surface area contributed by atoms with E-state index < -0.39 is 0 Å². The van der Waals surface area contributed by atoms with Gasteiger partial charge >= 0.3 is 0 Å². The molecule has 2 aromatic carbocycles. The first-order valence-corrected chi connectivity index (χ1v) is 7.92. The smallest absolute Gasteiger partial charge is 0.0595 e. The van der Waals surface area contributed by atoms with E-state index in [1.165, 1.54) is 16.8 Å². The molecule has 1 aliphatic heterocycles. The number of fused-ring (bicyclic) bond motifs is 1. The van der Waals surface area contributed by atoms with Crippen LogP contribution in [-0.4, -0.2) is 13.1 Å². The molecule has 0 radical (unpaired) electrons. The van der Waals surface area contributed by atoms with Crippen molar-refractivity contribution in [2.45, 2.75) is 18.9 Å². The highest BCUT2D eigenvalue weighted by molar-refractivity contribution is 6.42. The van der Waals surface area contributed by atoms with Crippen molar-refractivity contribution >= 4 is 28.9 Å². The Morgan fingerprint density at radius 3 is 2.67 bits per heavy atom. The third kappa shape index (κ3) is 3.03. The summed E-state index contributed by atoms with van der Waals surface area (Å²) < 4.78 is 0. The Morgan fingerprint density at radius 2 is 1.90 bits per heavy atom. The van der Waals surface area contributed by atoms with Crippen molar-refractivity contribution in [3.05, 3.63) is 63.6 Å². The number of nitrogens with zero attached hydrogens (tertiary/aromatic N) is 1. The van der Waals surface area contributed by atoms with Gasteiger partial charge in [0.2, 0.25) is 0 Å². The van der Waals surface area contributed by atoms with Crippen LogP contribution in [0.4, 0.5) is 5.69 Å². The van der Waals surface area contributed by atoms with E-state index in [1.807, 2.05) is 18.2 Å². The lowest BCUT2D eigenvalue weighted by molar-refractivity contribution is 0.644. The van der Waals surface area contributed by atoms with Crippen LogP contribution in [0.15, 0.2) is 42.5 Å². The minimum absolute atomic E-state index is 0.522. The van der Waals surface area contributed by atoms with Gasteiger partial charge in [-0.2, -0.15) is 0 Å². The average Bonchev–Trinajstić information content (AvgIpc) is 2.82. The van der Waals surface area contributed by atoms with Crippen molar-refractivity contribution in [2.75, 3.05) is 18.0 Å². The fourth-order valence-electron chi connectivity index (χ4n) is 3.04. The van der Waals surface area contributed by atoms with E-state index >= 15 is 0 Å². The predicted molar refractivity (Wildman–Crippen MR) is 90.4 cm³/mol. The Kier molecular flexibility index (Phi) is 4.39. The van der Waals surface area contributed by atoms with Crippen LogP contribution in [0.2, 0.25) is 10.0 Å². The number of hydrogen-bond donors (Lipinski definition) is 1.